The van der Waals surface area contributed by atoms with Crippen molar-refractivity contribution in [3.63, 3.8) is 0 Å². The van der Waals surface area contributed by atoms with Gasteiger partial charge in [0.15, 0.2) is 0 Å². The van der Waals surface area contributed by atoms with Crippen LogP contribution >= 0.6 is 0 Å². The number of pyridine rings is 1. The highest BCUT2D eigenvalue weighted by Gasteiger charge is 2.22. The van der Waals surface area contributed by atoms with Crippen LogP contribution in [0.3, 0.4) is 0 Å². The largest absolute Gasteiger partial charge is 0.278 e. The quantitative estimate of drug-likeness (QED) is 0.730. The van der Waals surface area contributed by atoms with E-state index in [0.29, 0.717) is 5.92 Å². The lowest BCUT2D eigenvalue weighted by Gasteiger charge is -2.09. The monoisotopic (exact) mass is 344 g/mol. The fourth-order valence-corrected chi connectivity index (χ4v) is 3.88. The molecule has 1 aromatic carbocycles. The Morgan fingerprint density at radius 1 is 1.08 bits per heavy atom. The maximum absolute atomic E-state index is 5.05. The summed E-state index contributed by atoms with van der Waals surface area (Å²) in [5.41, 5.74) is 6.70. The van der Waals surface area contributed by atoms with E-state index in [1.165, 1.54) is 22.0 Å². The second-order valence-corrected chi connectivity index (χ2v) is 7.30. The molecule has 3 aromatic rings. The topological polar surface area (TPSA) is 43.1 Å². The van der Waals surface area contributed by atoms with Crippen molar-refractivity contribution in [3.05, 3.63) is 64.1 Å². The smallest absolute Gasteiger partial charge is 0.0971 e. The van der Waals surface area contributed by atoms with Gasteiger partial charge in [-0.2, -0.15) is 5.10 Å². The minimum Gasteiger partial charge on any atom is -0.278 e. The molecule has 0 saturated heterocycles. The molecule has 1 aliphatic rings. The molecule has 2 aromatic heterocycles. The van der Waals surface area contributed by atoms with Gasteiger partial charge >= 0.3 is 0 Å². The van der Waals surface area contributed by atoms with Crippen LogP contribution in [0.5, 0.6) is 0 Å². The van der Waals surface area contributed by atoms with Gasteiger partial charge in [0, 0.05) is 28.2 Å². The predicted octanol–water partition coefficient (Wildman–Crippen LogP) is 3.48. The Morgan fingerprint density at radius 2 is 1.88 bits per heavy atom. The molecular formula is C22H24N4. The highest BCUT2D eigenvalue weighted by Crippen LogP contribution is 2.31. The third-order valence-electron chi connectivity index (χ3n) is 5.04. The Morgan fingerprint density at radius 3 is 2.62 bits per heavy atom. The molecule has 26 heavy (non-hydrogen) atoms. The van der Waals surface area contributed by atoms with Gasteiger partial charge in [-0.05, 0) is 44.9 Å². The van der Waals surface area contributed by atoms with Crippen LogP contribution < -0.4 is 10.6 Å². The molecule has 132 valence electrons. The molecule has 0 radical (unpaired) electrons. The fourth-order valence-electron chi connectivity index (χ4n) is 3.88. The Bertz CT molecular complexity index is 1110. The predicted molar refractivity (Wildman–Crippen MR) is 105 cm³/mol. The van der Waals surface area contributed by atoms with Gasteiger partial charge in [-0.1, -0.05) is 32.1 Å². The zero-order valence-electron chi connectivity index (χ0n) is 16.0. The van der Waals surface area contributed by atoms with Crippen molar-refractivity contribution < 1.29 is 0 Å². The zero-order chi connectivity index (χ0) is 18.4. The van der Waals surface area contributed by atoms with E-state index < -0.39 is 0 Å². The summed E-state index contributed by atoms with van der Waals surface area (Å²) < 4.78 is 2.04. The number of nitrogens with zero attached hydrogens (tertiary/aromatic N) is 4. The first-order valence-corrected chi connectivity index (χ1v) is 9.18. The molecule has 0 fully saturated rings. The maximum atomic E-state index is 5.05. The van der Waals surface area contributed by atoms with Gasteiger partial charge < -0.3 is 0 Å². The van der Waals surface area contributed by atoms with Crippen LogP contribution in [0.4, 0.5) is 0 Å². The van der Waals surface area contributed by atoms with E-state index >= 15 is 0 Å². The van der Waals surface area contributed by atoms with E-state index in [1.54, 1.807) is 0 Å². The van der Waals surface area contributed by atoms with Crippen molar-refractivity contribution in [2.24, 2.45) is 4.99 Å². The van der Waals surface area contributed by atoms with E-state index in [1.807, 2.05) is 23.9 Å². The molecular weight excluding hydrogens is 320 g/mol. The van der Waals surface area contributed by atoms with Gasteiger partial charge in [0.25, 0.3) is 0 Å². The number of fused-ring (bicyclic) bond motifs is 1. The second-order valence-electron chi connectivity index (χ2n) is 7.30. The summed E-state index contributed by atoms with van der Waals surface area (Å²) in [6.07, 6.45) is 4.06. The van der Waals surface area contributed by atoms with Gasteiger partial charge in [-0.25, -0.2) is 4.68 Å². The molecule has 1 unspecified atom stereocenters. The summed E-state index contributed by atoms with van der Waals surface area (Å²) >= 11 is 0. The SMILES string of the molecule is Cc1ncccc1-n1nc(-c2cccc3c2=CC(C)N=3)c(C(C)C)c1C. The standard InChI is InChI=1S/C22H24N4/c1-13(2)21-16(5)26(20-10-7-11-23-15(20)4)25-22(21)17-8-6-9-19-18(17)12-14(3)24-19/h6-14H,1-5H3. The first-order chi connectivity index (χ1) is 12.5. The van der Waals surface area contributed by atoms with Crippen LogP contribution in [0.25, 0.3) is 23.0 Å². The van der Waals surface area contributed by atoms with Crippen molar-refractivity contribution in [1.82, 2.24) is 14.8 Å². The summed E-state index contributed by atoms with van der Waals surface area (Å²) in [4.78, 5) is 9.15. The number of aromatic nitrogens is 3. The van der Waals surface area contributed by atoms with Gasteiger partial charge in [-0.3, -0.25) is 9.98 Å². The molecule has 1 aliphatic heterocycles. The van der Waals surface area contributed by atoms with Crippen molar-refractivity contribution in [2.45, 2.75) is 46.6 Å². The fraction of sp³-hybridized carbons (Fsp3) is 0.318. The van der Waals surface area contributed by atoms with E-state index in [9.17, 15) is 0 Å². The van der Waals surface area contributed by atoms with Crippen LogP contribution in [0.1, 0.15) is 43.6 Å². The summed E-state index contributed by atoms with van der Waals surface area (Å²) in [5, 5.41) is 7.32. The van der Waals surface area contributed by atoms with Crippen molar-refractivity contribution in [1.29, 1.82) is 0 Å². The van der Waals surface area contributed by atoms with E-state index in [0.717, 1.165) is 22.4 Å². The van der Waals surface area contributed by atoms with Gasteiger partial charge in [-0.15, -0.1) is 0 Å². The first kappa shape index (κ1) is 16.7. The van der Waals surface area contributed by atoms with E-state index in [4.69, 9.17) is 10.1 Å². The van der Waals surface area contributed by atoms with Gasteiger partial charge in [0.1, 0.15) is 0 Å². The molecule has 0 bridgehead atoms. The molecule has 0 saturated carbocycles. The molecule has 0 aliphatic carbocycles. The lowest BCUT2D eigenvalue weighted by molar-refractivity contribution is 0.814. The average Bonchev–Trinajstić information content (AvgIpc) is 3.14. The van der Waals surface area contributed by atoms with Crippen LogP contribution in [0.2, 0.25) is 0 Å². The normalized spacial score (nSPS) is 15.7. The summed E-state index contributed by atoms with van der Waals surface area (Å²) in [7, 11) is 0. The van der Waals surface area contributed by atoms with Crippen LogP contribution in [-0.4, -0.2) is 20.8 Å². The summed E-state index contributed by atoms with van der Waals surface area (Å²) in [6, 6.07) is 10.6. The molecule has 0 N–H and O–H groups in total. The molecule has 1 atom stereocenters. The molecule has 0 amide bonds. The maximum Gasteiger partial charge on any atom is 0.0971 e. The molecule has 0 spiro atoms. The molecule has 4 rings (SSSR count). The lowest BCUT2D eigenvalue weighted by atomic mass is 9.95. The first-order valence-electron chi connectivity index (χ1n) is 9.18. The highest BCUT2D eigenvalue weighted by molar-refractivity contribution is 5.68. The summed E-state index contributed by atoms with van der Waals surface area (Å²) in [6.45, 7) is 10.8. The van der Waals surface area contributed by atoms with Gasteiger partial charge in [0.2, 0.25) is 0 Å². The number of hydrogen-bond acceptors (Lipinski definition) is 3. The minimum absolute atomic E-state index is 0.220. The molecule has 3 heterocycles. The average molecular weight is 344 g/mol. The van der Waals surface area contributed by atoms with Crippen LogP contribution in [0.15, 0.2) is 41.5 Å². The van der Waals surface area contributed by atoms with Crippen molar-refractivity contribution in [3.8, 4) is 16.9 Å². The third kappa shape index (κ3) is 2.57. The Balaban J connectivity index is 2.02. The van der Waals surface area contributed by atoms with Crippen molar-refractivity contribution >= 4 is 6.08 Å². The Kier molecular flexibility index (Phi) is 3.98. The number of hydrogen-bond donors (Lipinski definition) is 0. The van der Waals surface area contributed by atoms with Gasteiger partial charge in [0.05, 0.1) is 28.5 Å². The minimum atomic E-state index is 0.220. The van der Waals surface area contributed by atoms with E-state index in [2.05, 4.69) is 63.0 Å². The molecule has 4 heteroatoms. The number of rotatable bonds is 3. The van der Waals surface area contributed by atoms with E-state index in [-0.39, 0.29) is 6.04 Å². The lowest BCUT2D eigenvalue weighted by Crippen LogP contribution is -2.23. The van der Waals surface area contributed by atoms with Crippen LogP contribution in [0, 0.1) is 13.8 Å². The number of aryl methyl sites for hydroxylation is 1. The Labute approximate surface area is 153 Å². The van der Waals surface area contributed by atoms with Crippen LogP contribution in [-0.2, 0) is 0 Å². The highest BCUT2D eigenvalue weighted by atomic mass is 15.3. The summed E-state index contributed by atoms with van der Waals surface area (Å²) in [5.74, 6) is 0.377. The number of benzene rings is 1. The van der Waals surface area contributed by atoms with Crippen molar-refractivity contribution in [2.75, 3.05) is 0 Å². The zero-order valence-corrected chi connectivity index (χ0v) is 16.0. The third-order valence-corrected chi connectivity index (χ3v) is 5.04. The second kappa shape index (κ2) is 6.20. The Hall–Kier alpha value is -2.75. The molecule has 4 nitrogen and oxygen atoms in total.